The van der Waals surface area contributed by atoms with E-state index in [0.29, 0.717) is 11.8 Å². The smallest absolute Gasteiger partial charge is 0.230 e. The minimum atomic E-state index is 0.0463. The minimum absolute atomic E-state index is 0.0463. The molecule has 0 radical (unpaired) electrons. The highest BCUT2D eigenvalue weighted by Crippen LogP contribution is 2.56. The van der Waals surface area contributed by atoms with Crippen LogP contribution in [0.2, 0.25) is 0 Å². The highest BCUT2D eigenvalue weighted by atomic mass is 32.2. The molecular weight excluding hydrogens is 304 g/mol. The van der Waals surface area contributed by atoms with E-state index >= 15 is 0 Å². The number of hydrogen-bond donors (Lipinski definition) is 0. The summed E-state index contributed by atoms with van der Waals surface area (Å²) < 4.78 is 4.60. The van der Waals surface area contributed by atoms with Crippen LogP contribution in [-0.4, -0.2) is 33.1 Å². The number of carbonyl (C=O) groups excluding carboxylic acids is 1. The molecule has 0 N–H and O–H groups in total. The first kappa shape index (κ1) is 15.5. The predicted octanol–water partition coefficient (Wildman–Crippen LogP) is 3.69. The molecule has 1 spiro atoms. The SMILES string of the molecule is CCCN1CC2(C3CCC2Cc2ccccc2C3)N(C(C)=O)S1. The van der Waals surface area contributed by atoms with Gasteiger partial charge in [0.15, 0.2) is 0 Å². The minimum Gasteiger partial charge on any atom is -0.274 e. The Hall–Kier alpha value is -1.000. The van der Waals surface area contributed by atoms with Gasteiger partial charge in [0.1, 0.15) is 0 Å². The van der Waals surface area contributed by atoms with Gasteiger partial charge in [0.2, 0.25) is 5.91 Å². The highest BCUT2D eigenvalue weighted by molar-refractivity contribution is 7.95. The standard InChI is InChI=1S/C19H26N2OS/c1-3-10-20-13-19(21(23-20)14(2)22)17-8-9-18(19)12-16-7-5-4-6-15(16)11-17/h4-7,17-18H,3,8-13H2,1-2H3. The summed E-state index contributed by atoms with van der Waals surface area (Å²) in [6, 6.07) is 8.93. The van der Waals surface area contributed by atoms with Crippen LogP contribution in [0.1, 0.15) is 44.2 Å². The lowest BCUT2D eigenvalue weighted by Gasteiger charge is -2.40. The van der Waals surface area contributed by atoms with Crippen LogP contribution in [-0.2, 0) is 17.6 Å². The molecule has 1 aliphatic heterocycles. The van der Waals surface area contributed by atoms with Crippen molar-refractivity contribution in [1.82, 2.24) is 8.61 Å². The summed E-state index contributed by atoms with van der Waals surface area (Å²) in [5.74, 6) is 1.44. The first-order valence-corrected chi connectivity index (χ1v) is 9.68. The second-order valence-electron chi connectivity index (χ2n) is 7.40. The summed E-state index contributed by atoms with van der Waals surface area (Å²) >= 11 is 1.70. The van der Waals surface area contributed by atoms with Crippen LogP contribution in [0.25, 0.3) is 0 Å². The lowest BCUT2D eigenvalue weighted by molar-refractivity contribution is -0.129. The zero-order valence-electron chi connectivity index (χ0n) is 14.1. The van der Waals surface area contributed by atoms with Gasteiger partial charge < -0.3 is 0 Å². The zero-order valence-corrected chi connectivity index (χ0v) is 14.9. The lowest BCUT2D eigenvalue weighted by Crippen LogP contribution is -2.54. The quantitative estimate of drug-likeness (QED) is 0.773. The lowest BCUT2D eigenvalue weighted by atomic mass is 9.78. The number of carbonyl (C=O) groups is 1. The van der Waals surface area contributed by atoms with Gasteiger partial charge in [-0.1, -0.05) is 31.2 Å². The van der Waals surface area contributed by atoms with Crippen LogP contribution in [0.5, 0.6) is 0 Å². The van der Waals surface area contributed by atoms with Crippen molar-refractivity contribution < 1.29 is 4.79 Å². The molecule has 1 heterocycles. The summed E-state index contributed by atoms with van der Waals surface area (Å²) in [5, 5.41) is 0. The second kappa shape index (κ2) is 5.82. The first-order chi connectivity index (χ1) is 11.1. The first-order valence-electron chi connectivity index (χ1n) is 8.95. The van der Waals surface area contributed by atoms with Gasteiger partial charge in [-0.2, -0.15) is 0 Å². The van der Waals surface area contributed by atoms with Crippen LogP contribution in [0.3, 0.4) is 0 Å². The molecule has 3 aliphatic rings. The molecular formula is C19H26N2OS. The summed E-state index contributed by atoms with van der Waals surface area (Å²) in [6.45, 7) is 6.10. The summed E-state index contributed by atoms with van der Waals surface area (Å²) in [4.78, 5) is 12.5. The maximum atomic E-state index is 12.5. The number of hydrogen-bond acceptors (Lipinski definition) is 3. The molecule has 0 aromatic heterocycles. The Labute approximate surface area is 143 Å². The molecule has 2 bridgehead atoms. The van der Waals surface area contributed by atoms with Crippen LogP contribution in [0.4, 0.5) is 0 Å². The molecule has 2 unspecified atom stereocenters. The van der Waals surface area contributed by atoms with Gasteiger partial charge >= 0.3 is 0 Å². The Bertz CT molecular complexity index is 584. The van der Waals surface area contributed by atoms with E-state index in [-0.39, 0.29) is 11.4 Å². The van der Waals surface area contributed by atoms with E-state index in [1.54, 1.807) is 19.1 Å². The average Bonchev–Trinajstić information content (AvgIpc) is 2.99. The third-order valence-electron chi connectivity index (χ3n) is 6.09. The third kappa shape index (κ3) is 2.33. The van der Waals surface area contributed by atoms with E-state index in [2.05, 4.69) is 39.8 Å². The fraction of sp³-hybridized carbons (Fsp3) is 0.632. The number of fused-ring (bicyclic) bond motifs is 1. The largest absolute Gasteiger partial charge is 0.274 e. The molecule has 1 aromatic carbocycles. The van der Waals surface area contributed by atoms with E-state index in [4.69, 9.17) is 0 Å². The number of nitrogens with zero attached hydrogens (tertiary/aromatic N) is 2. The van der Waals surface area contributed by atoms with Crippen molar-refractivity contribution in [3.63, 3.8) is 0 Å². The maximum absolute atomic E-state index is 12.5. The average molecular weight is 330 g/mol. The van der Waals surface area contributed by atoms with E-state index in [9.17, 15) is 4.79 Å². The van der Waals surface area contributed by atoms with Gasteiger partial charge in [-0.05, 0) is 55.1 Å². The molecule has 23 heavy (non-hydrogen) atoms. The van der Waals surface area contributed by atoms with Crippen molar-refractivity contribution in [2.75, 3.05) is 13.1 Å². The molecule has 2 atom stereocenters. The van der Waals surface area contributed by atoms with Crippen LogP contribution >= 0.6 is 12.1 Å². The Morgan fingerprint density at radius 1 is 1.22 bits per heavy atom. The number of benzene rings is 1. The van der Waals surface area contributed by atoms with Gasteiger partial charge in [-0.3, -0.25) is 9.10 Å². The normalized spacial score (nSPS) is 33.0. The monoisotopic (exact) mass is 330 g/mol. The molecule has 124 valence electrons. The Morgan fingerprint density at radius 3 is 2.35 bits per heavy atom. The van der Waals surface area contributed by atoms with Crippen molar-refractivity contribution in [2.45, 2.75) is 51.5 Å². The topological polar surface area (TPSA) is 23.6 Å². The van der Waals surface area contributed by atoms with Crippen LogP contribution in [0, 0.1) is 11.8 Å². The predicted molar refractivity (Wildman–Crippen MR) is 94.8 cm³/mol. The zero-order chi connectivity index (χ0) is 16.0. The van der Waals surface area contributed by atoms with E-state index < -0.39 is 0 Å². The maximum Gasteiger partial charge on any atom is 0.230 e. The molecule has 1 saturated heterocycles. The van der Waals surface area contributed by atoms with Gasteiger partial charge in [0.25, 0.3) is 0 Å². The summed E-state index contributed by atoms with van der Waals surface area (Å²) in [5.41, 5.74) is 3.08. The molecule has 1 saturated carbocycles. The molecule has 1 aromatic rings. The van der Waals surface area contributed by atoms with Crippen molar-refractivity contribution in [3.05, 3.63) is 35.4 Å². The Balaban J connectivity index is 1.74. The van der Waals surface area contributed by atoms with Gasteiger partial charge in [-0.15, -0.1) is 0 Å². The van der Waals surface area contributed by atoms with E-state index in [0.717, 1.165) is 32.4 Å². The highest BCUT2D eigenvalue weighted by Gasteiger charge is 2.60. The Kier molecular flexibility index (Phi) is 3.93. The van der Waals surface area contributed by atoms with E-state index in [1.165, 1.54) is 24.0 Å². The molecule has 1 amide bonds. The van der Waals surface area contributed by atoms with Gasteiger partial charge in [0.05, 0.1) is 5.54 Å². The number of rotatable bonds is 2. The van der Waals surface area contributed by atoms with Crippen LogP contribution in [0.15, 0.2) is 24.3 Å². The van der Waals surface area contributed by atoms with Crippen molar-refractivity contribution in [3.8, 4) is 0 Å². The second-order valence-corrected chi connectivity index (χ2v) is 8.44. The molecule has 4 heteroatoms. The molecule has 3 nitrogen and oxygen atoms in total. The molecule has 2 fully saturated rings. The molecule has 2 aliphatic carbocycles. The van der Waals surface area contributed by atoms with Gasteiger partial charge in [0, 0.05) is 32.1 Å². The van der Waals surface area contributed by atoms with E-state index in [1.807, 2.05) is 0 Å². The fourth-order valence-corrected chi connectivity index (χ4v) is 6.54. The van der Waals surface area contributed by atoms with Gasteiger partial charge in [-0.25, -0.2) is 4.31 Å². The fourth-order valence-electron chi connectivity index (χ4n) is 5.16. The summed E-state index contributed by atoms with van der Waals surface area (Å²) in [6.07, 6.45) is 5.95. The number of amides is 1. The molecule has 4 rings (SSSR count). The van der Waals surface area contributed by atoms with Crippen molar-refractivity contribution >= 4 is 18.0 Å². The van der Waals surface area contributed by atoms with Crippen molar-refractivity contribution in [2.24, 2.45) is 11.8 Å². The Morgan fingerprint density at radius 2 is 1.83 bits per heavy atom. The van der Waals surface area contributed by atoms with Crippen molar-refractivity contribution in [1.29, 1.82) is 0 Å². The van der Waals surface area contributed by atoms with Crippen LogP contribution < -0.4 is 0 Å². The summed E-state index contributed by atoms with van der Waals surface area (Å²) in [7, 11) is 0. The third-order valence-corrected chi connectivity index (χ3v) is 7.40.